The SMILES string of the molecule is CC(C)CCN1C(=O)CSCC1(C)C(=O)NC(C)C. The Hall–Kier alpha value is -0.710. The van der Waals surface area contributed by atoms with E-state index in [1.807, 2.05) is 20.8 Å². The minimum absolute atomic E-state index is 0.0354. The minimum atomic E-state index is -0.709. The second-order valence-corrected chi connectivity index (χ2v) is 7.11. The molecule has 1 saturated heterocycles. The number of hydrogen-bond donors (Lipinski definition) is 1. The summed E-state index contributed by atoms with van der Waals surface area (Å²) in [5.41, 5.74) is -0.709. The van der Waals surface area contributed by atoms with E-state index in [-0.39, 0.29) is 17.9 Å². The van der Waals surface area contributed by atoms with E-state index in [4.69, 9.17) is 0 Å². The summed E-state index contributed by atoms with van der Waals surface area (Å²) in [6, 6.07) is 0.0957. The second kappa shape index (κ2) is 6.64. The third-order valence-corrected chi connectivity index (χ3v) is 4.56. The maximum atomic E-state index is 12.4. The molecule has 0 aromatic carbocycles. The number of thioether (sulfide) groups is 1. The molecule has 1 aliphatic heterocycles. The van der Waals surface area contributed by atoms with Crippen LogP contribution in [-0.4, -0.2) is 46.3 Å². The molecule has 5 heteroatoms. The Balaban J connectivity index is 2.85. The molecule has 1 heterocycles. The van der Waals surface area contributed by atoms with Gasteiger partial charge in [-0.25, -0.2) is 0 Å². The highest BCUT2D eigenvalue weighted by Crippen LogP contribution is 2.28. The van der Waals surface area contributed by atoms with E-state index in [0.29, 0.717) is 24.0 Å². The zero-order chi connectivity index (χ0) is 14.6. The third-order valence-electron chi connectivity index (χ3n) is 3.34. The summed E-state index contributed by atoms with van der Waals surface area (Å²) in [7, 11) is 0. The van der Waals surface area contributed by atoms with Gasteiger partial charge in [-0.05, 0) is 33.1 Å². The lowest BCUT2D eigenvalue weighted by Gasteiger charge is -2.43. The van der Waals surface area contributed by atoms with Crippen LogP contribution < -0.4 is 5.32 Å². The lowest BCUT2D eigenvalue weighted by molar-refractivity contribution is -0.145. The van der Waals surface area contributed by atoms with Gasteiger partial charge in [0.25, 0.3) is 0 Å². The fourth-order valence-electron chi connectivity index (χ4n) is 2.13. The molecular weight excluding hydrogens is 260 g/mol. The molecule has 0 aromatic heterocycles. The van der Waals surface area contributed by atoms with E-state index < -0.39 is 5.54 Å². The number of amides is 2. The van der Waals surface area contributed by atoms with Crippen LogP contribution in [0.2, 0.25) is 0 Å². The molecule has 0 radical (unpaired) electrons. The van der Waals surface area contributed by atoms with Crippen LogP contribution in [0.1, 0.15) is 41.0 Å². The van der Waals surface area contributed by atoms with Crippen molar-refractivity contribution in [2.24, 2.45) is 5.92 Å². The van der Waals surface area contributed by atoms with Crippen molar-refractivity contribution in [1.29, 1.82) is 0 Å². The van der Waals surface area contributed by atoms with Crippen molar-refractivity contribution in [3.8, 4) is 0 Å². The van der Waals surface area contributed by atoms with Crippen molar-refractivity contribution < 1.29 is 9.59 Å². The topological polar surface area (TPSA) is 49.4 Å². The largest absolute Gasteiger partial charge is 0.352 e. The van der Waals surface area contributed by atoms with Crippen LogP contribution >= 0.6 is 11.8 Å². The predicted octanol–water partition coefficient (Wildman–Crippen LogP) is 1.89. The zero-order valence-electron chi connectivity index (χ0n) is 12.7. The highest BCUT2D eigenvalue weighted by atomic mass is 32.2. The van der Waals surface area contributed by atoms with Crippen LogP contribution in [0.25, 0.3) is 0 Å². The highest BCUT2D eigenvalue weighted by Gasteiger charge is 2.44. The van der Waals surface area contributed by atoms with Gasteiger partial charge in [0, 0.05) is 18.3 Å². The first-order valence-electron chi connectivity index (χ1n) is 6.96. The molecule has 0 aromatic rings. The van der Waals surface area contributed by atoms with E-state index in [9.17, 15) is 9.59 Å². The Kier molecular flexibility index (Phi) is 5.71. The Morgan fingerprint density at radius 1 is 1.42 bits per heavy atom. The van der Waals surface area contributed by atoms with Gasteiger partial charge in [-0.3, -0.25) is 9.59 Å². The van der Waals surface area contributed by atoms with Crippen LogP contribution in [0.3, 0.4) is 0 Å². The van der Waals surface area contributed by atoms with E-state index >= 15 is 0 Å². The molecule has 1 atom stereocenters. The van der Waals surface area contributed by atoms with Gasteiger partial charge in [0.2, 0.25) is 11.8 Å². The average Bonchev–Trinajstić information content (AvgIpc) is 2.26. The maximum absolute atomic E-state index is 12.4. The van der Waals surface area contributed by atoms with Gasteiger partial charge in [0.05, 0.1) is 5.75 Å². The fourth-order valence-corrected chi connectivity index (χ4v) is 3.25. The van der Waals surface area contributed by atoms with E-state index in [1.165, 1.54) is 0 Å². The lowest BCUT2D eigenvalue weighted by atomic mass is 9.98. The monoisotopic (exact) mass is 286 g/mol. The molecule has 1 unspecified atom stereocenters. The summed E-state index contributed by atoms with van der Waals surface area (Å²) in [5, 5.41) is 2.94. The Bertz CT molecular complexity index is 344. The Morgan fingerprint density at radius 3 is 2.58 bits per heavy atom. The van der Waals surface area contributed by atoms with E-state index in [2.05, 4.69) is 19.2 Å². The van der Waals surface area contributed by atoms with Crippen molar-refractivity contribution in [3.05, 3.63) is 0 Å². The third kappa shape index (κ3) is 4.13. The quantitative estimate of drug-likeness (QED) is 0.839. The number of nitrogens with zero attached hydrogens (tertiary/aromatic N) is 1. The molecule has 1 fully saturated rings. The first-order chi connectivity index (χ1) is 8.77. The standard InChI is InChI=1S/C14H26N2O2S/c1-10(2)6-7-16-12(17)8-19-9-14(16,5)13(18)15-11(3)4/h10-11H,6-9H2,1-5H3,(H,15,18). The number of hydrogen-bond acceptors (Lipinski definition) is 3. The maximum Gasteiger partial charge on any atom is 0.246 e. The molecule has 4 nitrogen and oxygen atoms in total. The van der Waals surface area contributed by atoms with Crippen molar-refractivity contribution in [3.63, 3.8) is 0 Å². The number of carbonyl (C=O) groups is 2. The predicted molar refractivity (Wildman–Crippen MR) is 80.2 cm³/mol. The Labute approximate surface area is 120 Å². The minimum Gasteiger partial charge on any atom is -0.352 e. The average molecular weight is 286 g/mol. The molecule has 19 heavy (non-hydrogen) atoms. The normalized spacial score (nSPS) is 24.2. The summed E-state index contributed by atoms with van der Waals surface area (Å²) in [4.78, 5) is 26.3. The Morgan fingerprint density at radius 2 is 2.05 bits per heavy atom. The van der Waals surface area contributed by atoms with Crippen LogP contribution in [0.5, 0.6) is 0 Å². The number of rotatable bonds is 5. The summed E-state index contributed by atoms with van der Waals surface area (Å²) in [5.74, 6) is 1.74. The molecule has 2 amide bonds. The number of carbonyl (C=O) groups excluding carboxylic acids is 2. The van der Waals surface area contributed by atoms with Gasteiger partial charge >= 0.3 is 0 Å². The van der Waals surface area contributed by atoms with Gasteiger partial charge in [-0.1, -0.05) is 13.8 Å². The number of nitrogens with one attached hydrogen (secondary N) is 1. The molecular formula is C14H26N2O2S. The molecule has 0 aliphatic carbocycles. The van der Waals surface area contributed by atoms with Gasteiger partial charge in [-0.15, -0.1) is 11.8 Å². The first kappa shape index (κ1) is 16.3. The van der Waals surface area contributed by atoms with Crippen LogP contribution in [0, 0.1) is 5.92 Å². The molecule has 0 saturated carbocycles. The van der Waals surface area contributed by atoms with Gasteiger partial charge in [-0.2, -0.15) is 0 Å². The summed E-state index contributed by atoms with van der Waals surface area (Å²) in [6.45, 7) is 10.7. The summed E-state index contributed by atoms with van der Waals surface area (Å²) in [6.07, 6.45) is 0.932. The molecule has 0 bridgehead atoms. The first-order valence-corrected chi connectivity index (χ1v) is 8.12. The van der Waals surface area contributed by atoms with Crippen molar-refractivity contribution in [2.45, 2.75) is 52.6 Å². The van der Waals surface area contributed by atoms with Crippen LogP contribution in [0.15, 0.2) is 0 Å². The second-order valence-electron chi connectivity index (χ2n) is 6.12. The van der Waals surface area contributed by atoms with Crippen LogP contribution in [0.4, 0.5) is 0 Å². The van der Waals surface area contributed by atoms with E-state index in [0.717, 1.165) is 6.42 Å². The van der Waals surface area contributed by atoms with E-state index in [1.54, 1.807) is 16.7 Å². The summed E-state index contributed by atoms with van der Waals surface area (Å²) < 4.78 is 0. The highest BCUT2D eigenvalue weighted by molar-refractivity contribution is 8.00. The zero-order valence-corrected chi connectivity index (χ0v) is 13.5. The molecule has 0 spiro atoms. The van der Waals surface area contributed by atoms with Gasteiger partial charge in [0.1, 0.15) is 5.54 Å². The lowest BCUT2D eigenvalue weighted by Crippen LogP contribution is -2.64. The molecule has 110 valence electrons. The van der Waals surface area contributed by atoms with Gasteiger partial charge < -0.3 is 10.2 Å². The molecule has 1 rings (SSSR count). The van der Waals surface area contributed by atoms with Gasteiger partial charge in [0.15, 0.2) is 0 Å². The molecule has 1 N–H and O–H groups in total. The summed E-state index contributed by atoms with van der Waals surface area (Å²) >= 11 is 1.55. The smallest absolute Gasteiger partial charge is 0.246 e. The van der Waals surface area contributed by atoms with Crippen LogP contribution in [-0.2, 0) is 9.59 Å². The molecule has 1 aliphatic rings. The van der Waals surface area contributed by atoms with Crippen molar-refractivity contribution in [2.75, 3.05) is 18.1 Å². The van der Waals surface area contributed by atoms with Crippen molar-refractivity contribution >= 4 is 23.6 Å². The fraction of sp³-hybridized carbons (Fsp3) is 0.857. The van der Waals surface area contributed by atoms with Crippen molar-refractivity contribution in [1.82, 2.24) is 10.2 Å².